The Morgan fingerprint density at radius 1 is 0.765 bits per heavy atom. The second-order valence-electron chi connectivity index (χ2n) is 8.40. The van der Waals surface area contributed by atoms with Crippen LogP contribution in [0.25, 0.3) is 11.1 Å². The number of nitrogens with zero attached hydrogens (tertiary/aromatic N) is 2. The Kier molecular flexibility index (Phi) is 6.44. The van der Waals surface area contributed by atoms with Crippen LogP contribution in [-0.2, 0) is 0 Å². The molecule has 0 radical (unpaired) electrons. The van der Waals surface area contributed by atoms with E-state index in [2.05, 4.69) is 22.3 Å². The van der Waals surface area contributed by atoms with Crippen LogP contribution in [0.2, 0.25) is 0 Å². The number of rotatable bonds is 6. The molecule has 1 N–H and O–H groups in total. The number of carbonyl (C=O) groups excluding carboxylic acids is 2. The van der Waals surface area contributed by atoms with Crippen LogP contribution in [0, 0.1) is 0 Å². The number of amides is 2. The number of nitrogens with one attached hydrogen (secondary N) is 1. The summed E-state index contributed by atoms with van der Waals surface area (Å²) in [6.45, 7) is 4.40. The standard InChI is InChI=1S/C27H27N3O4/c31-26(23-10-11-24-25(18-23)34-19-33-24)28-12-13-29-14-16-30(17-15-29)27(32)22-8-6-21(7-9-22)20-4-2-1-3-5-20/h1-11,18H,12-17,19H2,(H,28,31). The first-order chi connectivity index (χ1) is 16.7. The normalized spacial score (nSPS) is 15.2. The summed E-state index contributed by atoms with van der Waals surface area (Å²) in [5, 5.41) is 2.96. The van der Waals surface area contributed by atoms with Gasteiger partial charge in [-0.1, -0.05) is 42.5 Å². The van der Waals surface area contributed by atoms with Gasteiger partial charge >= 0.3 is 0 Å². The number of carbonyl (C=O) groups is 2. The number of hydrogen-bond donors (Lipinski definition) is 1. The fourth-order valence-corrected chi connectivity index (χ4v) is 4.26. The van der Waals surface area contributed by atoms with Crippen LogP contribution in [0.1, 0.15) is 20.7 Å². The maximum atomic E-state index is 12.9. The van der Waals surface area contributed by atoms with Crippen LogP contribution in [0.4, 0.5) is 0 Å². The van der Waals surface area contributed by atoms with Gasteiger partial charge in [-0.05, 0) is 41.5 Å². The van der Waals surface area contributed by atoms with E-state index in [4.69, 9.17) is 9.47 Å². The molecule has 34 heavy (non-hydrogen) atoms. The van der Waals surface area contributed by atoms with E-state index < -0.39 is 0 Å². The van der Waals surface area contributed by atoms with Gasteiger partial charge in [0.15, 0.2) is 11.5 Å². The first kappa shape index (κ1) is 22.0. The Balaban J connectivity index is 1.07. The van der Waals surface area contributed by atoms with Gasteiger partial charge in [-0.2, -0.15) is 0 Å². The van der Waals surface area contributed by atoms with Gasteiger partial charge in [-0.15, -0.1) is 0 Å². The Morgan fingerprint density at radius 3 is 2.21 bits per heavy atom. The predicted molar refractivity (Wildman–Crippen MR) is 129 cm³/mol. The van der Waals surface area contributed by atoms with E-state index in [1.807, 2.05) is 47.4 Å². The first-order valence-electron chi connectivity index (χ1n) is 11.5. The van der Waals surface area contributed by atoms with E-state index in [1.165, 1.54) is 0 Å². The van der Waals surface area contributed by atoms with Gasteiger partial charge in [-0.3, -0.25) is 14.5 Å². The highest BCUT2D eigenvalue weighted by atomic mass is 16.7. The lowest BCUT2D eigenvalue weighted by Crippen LogP contribution is -2.50. The van der Waals surface area contributed by atoms with Crippen molar-refractivity contribution in [3.8, 4) is 22.6 Å². The highest BCUT2D eigenvalue weighted by Gasteiger charge is 2.22. The minimum absolute atomic E-state index is 0.0652. The second-order valence-corrected chi connectivity index (χ2v) is 8.40. The molecule has 0 atom stereocenters. The summed E-state index contributed by atoms with van der Waals surface area (Å²) in [6.07, 6.45) is 0. The molecule has 0 unspecified atom stereocenters. The molecule has 2 heterocycles. The van der Waals surface area contributed by atoms with E-state index in [0.717, 1.165) is 30.8 Å². The maximum Gasteiger partial charge on any atom is 0.253 e. The molecule has 1 fully saturated rings. The molecule has 1 saturated heterocycles. The van der Waals surface area contributed by atoms with Crippen molar-refractivity contribution in [3.05, 3.63) is 83.9 Å². The zero-order valence-corrected chi connectivity index (χ0v) is 18.9. The van der Waals surface area contributed by atoms with Crippen molar-refractivity contribution < 1.29 is 19.1 Å². The fourth-order valence-electron chi connectivity index (χ4n) is 4.26. The largest absolute Gasteiger partial charge is 0.454 e. The second kappa shape index (κ2) is 9.97. The summed E-state index contributed by atoms with van der Waals surface area (Å²) < 4.78 is 10.6. The Bertz CT molecular complexity index is 1160. The summed E-state index contributed by atoms with van der Waals surface area (Å²) in [5.41, 5.74) is 3.51. The lowest BCUT2D eigenvalue weighted by Gasteiger charge is -2.34. The van der Waals surface area contributed by atoms with Crippen molar-refractivity contribution >= 4 is 11.8 Å². The van der Waals surface area contributed by atoms with Gasteiger partial charge in [0.2, 0.25) is 6.79 Å². The first-order valence-corrected chi connectivity index (χ1v) is 11.5. The van der Waals surface area contributed by atoms with Crippen LogP contribution >= 0.6 is 0 Å². The number of benzene rings is 3. The summed E-state index contributed by atoms with van der Waals surface area (Å²) in [7, 11) is 0. The molecular weight excluding hydrogens is 430 g/mol. The third-order valence-corrected chi connectivity index (χ3v) is 6.25. The van der Waals surface area contributed by atoms with Gasteiger partial charge in [0.25, 0.3) is 11.8 Å². The molecule has 3 aromatic carbocycles. The Labute approximate surface area is 198 Å². The van der Waals surface area contributed by atoms with Gasteiger partial charge in [0.05, 0.1) is 0 Å². The minimum Gasteiger partial charge on any atom is -0.454 e. The van der Waals surface area contributed by atoms with Crippen molar-refractivity contribution in [2.75, 3.05) is 46.1 Å². The molecular formula is C27H27N3O4. The zero-order chi connectivity index (χ0) is 23.3. The maximum absolute atomic E-state index is 12.9. The number of hydrogen-bond acceptors (Lipinski definition) is 5. The summed E-state index contributed by atoms with van der Waals surface area (Å²) in [4.78, 5) is 29.5. The summed E-state index contributed by atoms with van der Waals surface area (Å²) >= 11 is 0. The molecule has 0 aliphatic carbocycles. The highest BCUT2D eigenvalue weighted by molar-refractivity contribution is 5.95. The number of fused-ring (bicyclic) bond motifs is 1. The van der Waals surface area contributed by atoms with Crippen molar-refractivity contribution in [1.82, 2.24) is 15.1 Å². The Morgan fingerprint density at radius 2 is 1.44 bits per heavy atom. The average Bonchev–Trinajstić information content (AvgIpc) is 3.37. The van der Waals surface area contributed by atoms with Crippen LogP contribution in [0.15, 0.2) is 72.8 Å². The molecule has 174 valence electrons. The molecule has 2 amide bonds. The van der Waals surface area contributed by atoms with E-state index >= 15 is 0 Å². The van der Waals surface area contributed by atoms with Crippen LogP contribution < -0.4 is 14.8 Å². The lowest BCUT2D eigenvalue weighted by molar-refractivity contribution is 0.0638. The van der Waals surface area contributed by atoms with Gasteiger partial charge in [0, 0.05) is 50.4 Å². The average molecular weight is 458 g/mol. The fraction of sp³-hybridized carbons (Fsp3) is 0.259. The van der Waals surface area contributed by atoms with Crippen molar-refractivity contribution in [2.45, 2.75) is 0 Å². The monoisotopic (exact) mass is 457 g/mol. The van der Waals surface area contributed by atoms with Crippen LogP contribution in [0.3, 0.4) is 0 Å². The number of piperazine rings is 1. The van der Waals surface area contributed by atoms with E-state index in [0.29, 0.717) is 42.3 Å². The van der Waals surface area contributed by atoms with Gasteiger partial charge in [0.1, 0.15) is 0 Å². The molecule has 2 aliphatic rings. The third kappa shape index (κ3) is 4.89. The number of ether oxygens (including phenoxy) is 2. The zero-order valence-electron chi connectivity index (χ0n) is 18.9. The molecule has 5 rings (SSSR count). The molecule has 7 nitrogen and oxygen atoms in total. The molecule has 0 bridgehead atoms. The molecule has 0 aromatic heterocycles. The topological polar surface area (TPSA) is 71.1 Å². The van der Waals surface area contributed by atoms with E-state index in [-0.39, 0.29) is 18.6 Å². The highest BCUT2D eigenvalue weighted by Crippen LogP contribution is 2.32. The molecule has 2 aliphatic heterocycles. The molecule has 0 spiro atoms. The van der Waals surface area contributed by atoms with Crippen molar-refractivity contribution in [1.29, 1.82) is 0 Å². The van der Waals surface area contributed by atoms with E-state index in [1.54, 1.807) is 18.2 Å². The van der Waals surface area contributed by atoms with Gasteiger partial charge < -0.3 is 19.7 Å². The smallest absolute Gasteiger partial charge is 0.253 e. The summed E-state index contributed by atoms with van der Waals surface area (Å²) in [5.74, 6) is 1.20. The third-order valence-electron chi connectivity index (χ3n) is 6.25. The Hall–Kier alpha value is -3.84. The minimum atomic E-state index is -0.133. The molecule has 7 heteroatoms. The molecule has 3 aromatic rings. The summed E-state index contributed by atoms with van der Waals surface area (Å²) in [6, 6.07) is 23.1. The lowest BCUT2D eigenvalue weighted by atomic mass is 10.0. The van der Waals surface area contributed by atoms with Gasteiger partial charge in [-0.25, -0.2) is 0 Å². The van der Waals surface area contributed by atoms with Crippen molar-refractivity contribution in [2.24, 2.45) is 0 Å². The quantitative estimate of drug-likeness (QED) is 0.615. The molecule has 0 saturated carbocycles. The van der Waals surface area contributed by atoms with E-state index in [9.17, 15) is 9.59 Å². The van der Waals surface area contributed by atoms with Crippen LogP contribution in [0.5, 0.6) is 11.5 Å². The van der Waals surface area contributed by atoms with Crippen molar-refractivity contribution in [3.63, 3.8) is 0 Å². The van der Waals surface area contributed by atoms with Crippen LogP contribution in [-0.4, -0.2) is 67.7 Å². The SMILES string of the molecule is O=C(NCCN1CCN(C(=O)c2ccc(-c3ccccc3)cc2)CC1)c1ccc2c(c1)OCO2. The predicted octanol–water partition coefficient (Wildman–Crippen LogP) is 3.27.